The first-order valence-electron chi connectivity index (χ1n) is 11.3. The van der Waals surface area contributed by atoms with Gasteiger partial charge in [-0.2, -0.15) is 0 Å². The minimum absolute atomic E-state index is 0.0812. The average Bonchev–Trinajstić information content (AvgIpc) is 2.84. The first-order chi connectivity index (χ1) is 16.4. The maximum Gasteiger partial charge on any atom is 0.321 e. The second kappa shape index (κ2) is 11.9. The molecule has 0 aliphatic carbocycles. The van der Waals surface area contributed by atoms with Gasteiger partial charge in [0.25, 0.3) is 0 Å². The molecule has 1 heterocycles. The largest absolute Gasteiger partial charge is 0.497 e. The van der Waals surface area contributed by atoms with Crippen molar-refractivity contribution in [1.29, 1.82) is 0 Å². The number of anilines is 1. The van der Waals surface area contributed by atoms with Crippen LogP contribution in [0.25, 0.3) is 0 Å². The molecular formula is C25H32N4O5. The van der Waals surface area contributed by atoms with Gasteiger partial charge in [-0.3, -0.25) is 9.59 Å². The summed E-state index contributed by atoms with van der Waals surface area (Å²) in [6.07, 6.45) is 1.56. The molecule has 182 valence electrons. The summed E-state index contributed by atoms with van der Waals surface area (Å²) >= 11 is 0. The van der Waals surface area contributed by atoms with Gasteiger partial charge in [0.2, 0.25) is 11.8 Å². The fourth-order valence-electron chi connectivity index (χ4n) is 3.98. The summed E-state index contributed by atoms with van der Waals surface area (Å²) in [5, 5.41) is 8.66. The van der Waals surface area contributed by atoms with Gasteiger partial charge in [-0.15, -0.1) is 0 Å². The first kappa shape index (κ1) is 24.9. The van der Waals surface area contributed by atoms with Crippen LogP contribution in [-0.2, 0) is 16.0 Å². The molecule has 3 rings (SSSR count). The van der Waals surface area contributed by atoms with Crippen LogP contribution in [0, 0.1) is 0 Å². The molecule has 3 N–H and O–H groups in total. The number of methoxy groups -OCH3 is 2. The second-order valence-corrected chi connectivity index (χ2v) is 8.20. The van der Waals surface area contributed by atoms with Crippen LogP contribution in [-0.4, -0.2) is 62.1 Å². The Balaban J connectivity index is 1.54. The molecule has 1 fully saturated rings. The minimum Gasteiger partial charge on any atom is -0.497 e. The quantitative estimate of drug-likeness (QED) is 0.552. The predicted molar refractivity (Wildman–Crippen MR) is 129 cm³/mol. The van der Waals surface area contributed by atoms with Crippen molar-refractivity contribution in [2.45, 2.75) is 38.3 Å². The Kier molecular flexibility index (Phi) is 8.73. The molecule has 2 aromatic rings. The van der Waals surface area contributed by atoms with E-state index in [0.717, 1.165) is 5.56 Å². The molecule has 0 radical (unpaired) electrons. The maximum absolute atomic E-state index is 13.0. The standard InChI is InChI=1S/C25H32N4O5/c1-17(30)26-22(15-18-7-4-5-10-23(18)34-3)24(31)27-19-11-13-29(14-12-19)25(32)28-20-8-6-9-21(16-20)33-2/h4-10,16,19,22H,11-15H2,1-3H3,(H,26,30)(H,27,31)(H,28,32)/t22-/m0/s1. The van der Waals surface area contributed by atoms with Crippen LogP contribution in [0.2, 0.25) is 0 Å². The van der Waals surface area contributed by atoms with E-state index in [4.69, 9.17) is 9.47 Å². The van der Waals surface area contributed by atoms with E-state index < -0.39 is 6.04 Å². The highest BCUT2D eigenvalue weighted by molar-refractivity contribution is 5.90. The van der Waals surface area contributed by atoms with Gasteiger partial charge in [-0.25, -0.2) is 4.79 Å². The normalized spacial score (nSPS) is 14.6. The topological polar surface area (TPSA) is 109 Å². The Hall–Kier alpha value is -3.75. The van der Waals surface area contributed by atoms with Crippen LogP contribution in [0.15, 0.2) is 48.5 Å². The molecule has 34 heavy (non-hydrogen) atoms. The van der Waals surface area contributed by atoms with Gasteiger partial charge in [0, 0.05) is 44.2 Å². The highest BCUT2D eigenvalue weighted by Crippen LogP contribution is 2.20. The molecule has 0 saturated carbocycles. The van der Waals surface area contributed by atoms with E-state index in [1.807, 2.05) is 36.4 Å². The first-order valence-corrected chi connectivity index (χ1v) is 11.3. The molecule has 1 saturated heterocycles. The van der Waals surface area contributed by atoms with Gasteiger partial charge in [-0.1, -0.05) is 24.3 Å². The summed E-state index contributed by atoms with van der Waals surface area (Å²) in [7, 11) is 3.15. The second-order valence-electron chi connectivity index (χ2n) is 8.20. The highest BCUT2D eigenvalue weighted by Gasteiger charge is 2.27. The van der Waals surface area contributed by atoms with E-state index in [1.54, 1.807) is 31.3 Å². The molecule has 4 amide bonds. The van der Waals surface area contributed by atoms with E-state index in [2.05, 4.69) is 16.0 Å². The fraction of sp³-hybridized carbons (Fsp3) is 0.400. The number of rotatable bonds is 8. The third kappa shape index (κ3) is 6.87. The summed E-state index contributed by atoms with van der Waals surface area (Å²) < 4.78 is 10.6. The fourth-order valence-corrected chi connectivity index (χ4v) is 3.98. The van der Waals surface area contributed by atoms with E-state index in [1.165, 1.54) is 6.92 Å². The Bertz CT molecular complexity index is 1000. The summed E-state index contributed by atoms with van der Waals surface area (Å²) in [4.78, 5) is 39.1. The number of benzene rings is 2. The van der Waals surface area contributed by atoms with Crippen LogP contribution in [0.4, 0.5) is 10.5 Å². The van der Waals surface area contributed by atoms with Gasteiger partial charge >= 0.3 is 6.03 Å². The average molecular weight is 469 g/mol. The van der Waals surface area contributed by atoms with E-state index in [-0.39, 0.29) is 23.9 Å². The number of nitrogens with one attached hydrogen (secondary N) is 3. The van der Waals surface area contributed by atoms with Crippen molar-refractivity contribution < 1.29 is 23.9 Å². The molecule has 0 unspecified atom stereocenters. The zero-order valence-electron chi connectivity index (χ0n) is 19.8. The van der Waals surface area contributed by atoms with Crippen molar-refractivity contribution in [2.75, 3.05) is 32.6 Å². The highest BCUT2D eigenvalue weighted by atomic mass is 16.5. The minimum atomic E-state index is -0.719. The maximum atomic E-state index is 13.0. The van der Waals surface area contributed by atoms with E-state index >= 15 is 0 Å². The molecule has 1 aliphatic heterocycles. The number of para-hydroxylation sites is 1. The van der Waals surface area contributed by atoms with Crippen molar-refractivity contribution in [3.63, 3.8) is 0 Å². The number of likely N-dealkylation sites (tertiary alicyclic amines) is 1. The molecule has 1 atom stereocenters. The summed E-state index contributed by atoms with van der Waals surface area (Å²) in [6.45, 7) is 2.41. The zero-order valence-corrected chi connectivity index (χ0v) is 19.8. The lowest BCUT2D eigenvalue weighted by Crippen LogP contribution is -2.53. The number of urea groups is 1. The lowest BCUT2D eigenvalue weighted by Gasteiger charge is -2.33. The van der Waals surface area contributed by atoms with E-state index in [0.29, 0.717) is 49.5 Å². The van der Waals surface area contributed by atoms with Crippen molar-refractivity contribution in [1.82, 2.24) is 15.5 Å². The number of carbonyl (C=O) groups excluding carboxylic acids is 3. The van der Waals surface area contributed by atoms with Gasteiger partial charge < -0.3 is 30.3 Å². The van der Waals surface area contributed by atoms with E-state index in [9.17, 15) is 14.4 Å². The smallest absolute Gasteiger partial charge is 0.321 e. The summed E-state index contributed by atoms with van der Waals surface area (Å²) in [6, 6.07) is 13.6. The Labute approximate surface area is 199 Å². The van der Waals surface area contributed by atoms with Gasteiger partial charge in [0.05, 0.1) is 14.2 Å². The number of hydrogen-bond acceptors (Lipinski definition) is 5. The van der Waals surface area contributed by atoms with Crippen molar-refractivity contribution >= 4 is 23.5 Å². The Morgan fingerprint density at radius 2 is 1.76 bits per heavy atom. The molecule has 2 aromatic carbocycles. The van der Waals surface area contributed by atoms with Gasteiger partial charge in [0.1, 0.15) is 17.5 Å². The Morgan fingerprint density at radius 1 is 1.03 bits per heavy atom. The summed E-state index contributed by atoms with van der Waals surface area (Å²) in [5.41, 5.74) is 1.50. The van der Waals surface area contributed by atoms with Crippen LogP contribution in [0.5, 0.6) is 11.5 Å². The third-order valence-corrected chi connectivity index (χ3v) is 5.76. The van der Waals surface area contributed by atoms with Crippen molar-refractivity contribution in [3.05, 3.63) is 54.1 Å². The molecule has 0 aromatic heterocycles. The third-order valence-electron chi connectivity index (χ3n) is 5.76. The molecule has 0 bridgehead atoms. The number of amides is 4. The predicted octanol–water partition coefficient (Wildman–Crippen LogP) is 2.56. The van der Waals surface area contributed by atoms with Crippen LogP contribution in [0.3, 0.4) is 0 Å². The molecule has 9 heteroatoms. The van der Waals surface area contributed by atoms with Crippen molar-refractivity contribution in [2.24, 2.45) is 0 Å². The number of ether oxygens (including phenoxy) is 2. The monoisotopic (exact) mass is 468 g/mol. The lowest BCUT2D eigenvalue weighted by molar-refractivity contribution is -0.128. The summed E-state index contributed by atoms with van der Waals surface area (Å²) in [5.74, 6) is 0.807. The van der Waals surface area contributed by atoms with Crippen molar-refractivity contribution in [3.8, 4) is 11.5 Å². The molecular weight excluding hydrogens is 436 g/mol. The molecule has 9 nitrogen and oxygen atoms in total. The Morgan fingerprint density at radius 3 is 2.44 bits per heavy atom. The zero-order chi connectivity index (χ0) is 24.5. The number of hydrogen-bond donors (Lipinski definition) is 3. The molecule has 1 aliphatic rings. The SMILES string of the molecule is COc1cccc(NC(=O)N2CCC(NC(=O)[C@H](Cc3ccccc3OC)NC(C)=O)CC2)c1. The number of carbonyl (C=O) groups is 3. The van der Waals surface area contributed by atoms with Gasteiger partial charge in [0.15, 0.2) is 0 Å². The molecule has 0 spiro atoms. The van der Waals surface area contributed by atoms with Gasteiger partial charge in [-0.05, 0) is 36.6 Å². The number of nitrogens with zero attached hydrogens (tertiary/aromatic N) is 1. The van der Waals surface area contributed by atoms with Crippen LogP contribution in [0.1, 0.15) is 25.3 Å². The lowest BCUT2D eigenvalue weighted by atomic mass is 10.0. The van der Waals surface area contributed by atoms with Crippen LogP contribution >= 0.6 is 0 Å². The number of piperidine rings is 1. The van der Waals surface area contributed by atoms with Crippen LogP contribution < -0.4 is 25.4 Å².